The molecule has 8 nitrogen and oxygen atoms in total. The molecule has 0 aliphatic heterocycles. The summed E-state index contributed by atoms with van der Waals surface area (Å²) in [5.41, 5.74) is 2.97. The lowest BCUT2D eigenvalue weighted by atomic mass is 10.1. The zero-order valence-electron chi connectivity index (χ0n) is 17.1. The molecule has 32 heavy (non-hydrogen) atoms. The fourth-order valence-corrected chi connectivity index (χ4v) is 4.32. The second-order valence-electron chi connectivity index (χ2n) is 7.18. The van der Waals surface area contributed by atoms with E-state index in [9.17, 15) is 9.18 Å². The molecule has 0 bridgehead atoms. The van der Waals surface area contributed by atoms with Crippen LogP contribution in [0.15, 0.2) is 60.4 Å². The molecule has 0 saturated carbocycles. The van der Waals surface area contributed by atoms with E-state index in [1.165, 1.54) is 17.1 Å². The number of amides is 1. The largest absolute Gasteiger partial charge is 0.292 e. The molecule has 1 N–H and O–H groups in total. The van der Waals surface area contributed by atoms with Crippen molar-refractivity contribution in [1.29, 1.82) is 0 Å². The number of nitrogens with zero attached hydrogens (tertiary/aromatic N) is 6. The highest BCUT2D eigenvalue weighted by molar-refractivity contribution is 7.13. The molecular formula is C22H18FN7OS. The Morgan fingerprint density at radius 1 is 1.12 bits per heavy atom. The first-order valence-electron chi connectivity index (χ1n) is 9.87. The lowest BCUT2D eigenvalue weighted by Gasteiger charge is -2.04. The topological polar surface area (TPSA) is 90.5 Å². The average molecular weight is 447 g/mol. The number of halogens is 1. The van der Waals surface area contributed by atoms with Gasteiger partial charge in [0.1, 0.15) is 18.7 Å². The maximum absolute atomic E-state index is 13.8. The van der Waals surface area contributed by atoms with Gasteiger partial charge in [-0.25, -0.2) is 23.7 Å². The molecule has 0 spiro atoms. The zero-order valence-corrected chi connectivity index (χ0v) is 17.9. The number of aryl methyl sites for hydroxylation is 1. The normalized spacial score (nSPS) is 11.2. The van der Waals surface area contributed by atoms with Gasteiger partial charge in [0, 0.05) is 22.2 Å². The number of fused-ring (bicyclic) bond motifs is 1. The molecule has 4 heterocycles. The number of pyridine rings is 1. The Labute approximate surface area is 186 Å². The summed E-state index contributed by atoms with van der Waals surface area (Å²) in [5.74, 6) is -0.503. The highest BCUT2D eigenvalue weighted by atomic mass is 32.1. The molecule has 160 valence electrons. The van der Waals surface area contributed by atoms with Crippen molar-refractivity contribution in [2.45, 2.75) is 20.0 Å². The SMILES string of the molecule is Cc1nn(CC(=O)Nc2ncn(Cc3ccccc3F)n2)c2nccc(-c3cccs3)c12. The lowest BCUT2D eigenvalue weighted by Crippen LogP contribution is -2.20. The van der Waals surface area contributed by atoms with Crippen molar-refractivity contribution in [3.8, 4) is 10.4 Å². The number of hydrogen-bond acceptors (Lipinski definition) is 6. The third-order valence-electron chi connectivity index (χ3n) is 4.97. The summed E-state index contributed by atoms with van der Waals surface area (Å²) in [6.45, 7) is 2.09. The van der Waals surface area contributed by atoms with E-state index in [-0.39, 0.29) is 30.8 Å². The summed E-state index contributed by atoms with van der Waals surface area (Å²) in [6.07, 6.45) is 3.17. The van der Waals surface area contributed by atoms with Gasteiger partial charge in [0.05, 0.1) is 17.6 Å². The number of carbonyl (C=O) groups excluding carboxylic acids is 1. The monoisotopic (exact) mass is 447 g/mol. The minimum absolute atomic E-state index is 0.0346. The summed E-state index contributed by atoms with van der Waals surface area (Å²) >= 11 is 1.64. The number of anilines is 1. The highest BCUT2D eigenvalue weighted by Crippen LogP contribution is 2.32. The molecule has 1 amide bonds. The van der Waals surface area contributed by atoms with E-state index in [1.54, 1.807) is 40.4 Å². The Bertz CT molecular complexity index is 1410. The molecule has 0 aliphatic rings. The van der Waals surface area contributed by atoms with Gasteiger partial charge >= 0.3 is 0 Å². The van der Waals surface area contributed by atoms with E-state index in [4.69, 9.17) is 0 Å². The fourth-order valence-electron chi connectivity index (χ4n) is 3.56. The molecule has 1 aromatic carbocycles. The molecule has 0 saturated heterocycles. The molecule has 0 radical (unpaired) electrons. The second kappa shape index (κ2) is 8.31. The van der Waals surface area contributed by atoms with Crippen LogP contribution in [0.3, 0.4) is 0 Å². The molecule has 0 unspecified atom stereocenters. The summed E-state index contributed by atoms with van der Waals surface area (Å²) in [5, 5.41) is 14.3. The maximum Gasteiger partial charge on any atom is 0.248 e. The molecule has 10 heteroatoms. The van der Waals surface area contributed by atoms with Crippen molar-refractivity contribution in [2.75, 3.05) is 5.32 Å². The standard InChI is InChI=1S/C22H18FN7OS/c1-14-20-16(18-7-4-10-32-18)8-9-24-21(20)30(27-14)12-19(31)26-22-25-13-29(28-22)11-15-5-2-3-6-17(15)23/h2-10,13H,11-12H2,1H3,(H,26,28,31). The van der Waals surface area contributed by atoms with Gasteiger partial charge in [-0.1, -0.05) is 24.3 Å². The van der Waals surface area contributed by atoms with E-state index in [2.05, 4.69) is 25.5 Å². The van der Waals surface area contributed by atoms with Crippen LogP contribution in [0.2, 0.25) is 0 Å². The van der Waals surface area contributed by atoms with Gasteiger partial charge in [-0.15, -0.1) is 16.4 Å². The lowest BCUT2D eigenvalue weighted by molar-refractivity contribution is -0.116. The van der Waals surface area contributed by atoms with Gasteiger partial charge in [0.15, 0.2) is 5.65 Å². The van der Waals surface area contributed by atoms with Crippen LogP contribution in [0.5, 0.6) is 0 Å². The number of thiophene rings is 1. The highest BCUT2D eigenvalue weighted by Gasteiger charge is 2.17. The van der Waals surface area contributed by atoms with Crippen LogP contribution in [0.1, 0.15) is 11.3 Å². The molecule has 0 aliphatic carbocycles. The van der Waals surface area contributed by atoms with E-state index < -0.39 is 0 Å². The Balaban J connectivity index is 1.32. The molecule has 4 aromatic heterocycles. The van der Waals surface area contributed by atoms with Crippen LogP contribution in [0.25, 0.3) is 21.5 Å². The summed E-state index contributed by atoms with van der Waals surface area (Å²) in [6, 6.07) is 12.5. The van der Waals surface area contributed by atoms with Gasteiger partial charge in [-0.2, -0.15) is 5.10 Å². The first-order valence-corrected chi connectivity index (χ1v) is 10.7. The minimum atomic E-state index is -0.332. The summed E-state index contributed by atoms with van der Waals surface area (Å²) < 4.78 is 16.9. The van der Waals surface area contributed by atoms with Crippen molar-refractivity contribution >= 4 is 34.2 Å². The first-order chi connectivity index (χ1) is 15.6. The Hall–Kier alpha value is -3.92. The van der Waals surface area contributed by atoms with Gasteiger partial charge in [-0.3, -0.25) is 10.1 Å². The van der Waals surface area contributed by atoms with Crippen LogP contribution in [-0.2, 0) is 17.9 Å². The number of nitrogens with one attached hydrogen (secondary N) is 1. The third-order valence-corrected chi connectivity index (χ3v) is 5.87. The fraction of sp³-hybridized carbons (Fsp3) is 0.136. The van der Waals surface area contributed by atoms with Crippen LogP contribution in [0.4, 0.5) is 10.3 Å². The van der Waals surface area contributed by atoms with Crippen LogP contribution >= 0.6 is 11.3 Å². The van der Waals surface area contributed by atoms with E-state index in [0.29, 0.717) is 11.2 Å². The van der Waals surface area contributed by atoms with Gasteiger partial charge in [0.2, 0.25) is 11.9 Å². The predicted octanol–water partition coefficient (Wildman–Crippen LogP) is 3.89. The molecule has 5 aromatic rings. The number of benzene rings is 1. The first kappa shape index (κ1) is 20.0. The molecule has 5 rings (SSSR count). The van der Waals surface area contributed by atoms with Crippen molar-refractivity contribution in [3.63, 3.8) is 0 Å². The van der Waals surface area contributed by atoms with Crippen molar-refractivity contribution in [3.05, 3.63) is 77.4 Å². The zero-order chi connectivity index (χ0) is 22.1. The molecule has 0 atom stereocenters. The third kappa shape index (κ3) is 3.87. The predicted molar refractivity (Wildman–Crippen MR) is 120 cm³/mol. The minimum Gasteiger partial charge on any atom is -0.292 e. The van der Waals surface area contributed by atoms with Gasteiger partial charge < -0.3 is 0 Å². The molecule has 0 fully saturated rings. The van der Waals surface area contributed by atoms with Crippen LogP contribution in [-0.4, -0.2) is 35.4 Å². The number of rotatable bonds is 6. The number of aromatic nitrogens is 6. The summed E-state index contributed by atoms with van der Waals surface area (Å²) in [4.78, 5) is 22.3. The second-order valence-corrected chi connectivity index (χ2v) is 8.13. The van der Waals surface area contributed by atoms with Crippen molar-refractivity contribution in [2.24, 2.45) is 0 Å². The number of hydrogen-bond donors (Lipinski definition) is 1. The number of carbonyl (C=O) groups is 1. The Kier molecular flexibility index (Phi) is 5.20. The Morgan fingerprint density at radius 3 is 2.81 bits per heavy atom. The average Bonchev–Trinajstić information content (AvgIpc) is 3.52. The maximum atomic E-state index is 13.8. The van der Waals surface area contributed by atoms with E-state index in [1.807, 2.05) is 30.5 Å². The van der Waals surface area contributed by atoms with Gasteiger partial charge in [-0.05, 0) is 30.5 Å². The van der Waals surface area contributed by atoms with Crippen molar-refractivity contribution in [1.82, 2.24) is 29.5 Å². The summed E-state index contributed by atoms with van der Waals surface area (Å²) in [7, 11) is 0. The quantitative estimate of drug-likeness (QED) is 0.427. The van der Waals surface area contributed by atoms with Gasteiger partial charge in [0.25, 0.3) is 0 Å². The Morgan fingerprint density at radius 2 is 2.00 bits per heavy atom. The van der Waals surface area contributed by atoms with E-state index in [0.717, 1.165) is 21.5 Å². The van der Waals surface area contributed by atoms with E-state index >= 15 is 0 Å². The van der Waals surface area contributed by atoms with Crippen molar-refractivity contribution < 1.29 is 9.18 Å². The van der Waals surface area contributed by atoms with Crippen LogP contribution in [0, 0.1) is 12.7 Å². The smallest absolute Gasteiger partial charge is 0.248 e. The molecular weight excluding hydrogens is 429 g/mol. The van der Waals surface area contributed by atoms with Crippen LogP contribution < -0.4 is 5.32 Å².